The van der Waals surface area contributed by atoms with E-state index in [0.29, 0.717) is 6.61 Å². The van der Waals surface area contributed by atoms with Crippen molar-refractivity contribution in [3.8, 4) is 11.5 Å². The predicted molar refractivity (Wildman–Crippen MR) is 134 cm³/mol. The van der Waals surface area contributed by atoms with E-state index in [1.54, 1.807) is 14.0 Å². The summed E-state index contributed by atoms with van der Waals surface area (Å²) < 4.78 is 11.8. The van der Waals surface area contributed by atoms with Crippen LogP contribution in [-0.4, -0.2) is 74.2 Å². The van der Waals surface area contributed by atoms with E-state index >= 15 is 0 Å². The minimum absolute atomic E-state index is 0.139. The lowest BCUT2D eigenvalue weighted by atomic mass is 10.0. The molecule has 33 heavy (non-hydrogen) atoms. The van der Waals surface area contributed by atoms with Crippen molar-refractivity contribution in [2.24, 2.45) is 0 Å². The Morgan fingerprint density at radius 2 is 1.94 bits per heavy atom. The van der Waals surface area contributed by atoms with Gasteiger partial charge in [-0.3, -0.25) is 4.79 Å². The largest absolute Gasteiger partial charge is 0.493 e. The number of nitrogens with zero attached hydrogens (tertiary/aromatic N) is 3. The molecule has 0 unspecified atom stereocenters. The molecular formula is C26H40N4O3. The SMILES string of the molecule is CCCN(CCCc1cc(NC)nc2cc(OCCCN3CCCC3)c(OC)cc12)C(C)=O. The normalized spacial score (nSPS) is 13.9. The zero-order chi connectivity index (χ0) is 23.6. The maximum Gasteiger partial charge on any atom is 0.219 e. The Morgan fingerprint density at radius 1 is 1.15 bits per heavy atom. The van der Waals surface area contributed by atoms with E-state index in [1.807, 2.05) is 24.1 Å². The molecule has 1 aromatic heterocycles. The average molecular weight is 457 g/mol. The molecule has 182 valence electrons. The molecule has 0 aliphatic carbocycles. The lowest BCUT2D eigenvalue weighted by Crippen LogP contribution is -2.30. The molecule has 7 nitrogen and oxygen atoms in total. The molecule has 1 amide bonds. The number of aryl methyl sites for hydroxylation is 1. The van der Waals surface area contributed by atoms with E-state index in [-0.39, 0.29) is 5.91 Å². The lowest BCUT2D eigenvalue weighted by molar-refractivity contribution is -0.128. The number of pyridine rings is 1. The fourth-order valence-corrected chi connectivity index (χ4v) is 4.54. The van der Waals surface area contributed by atoms with Crippen LogP contribution in [0, 0.1) is 0 Å². The van der Waals surface area contributed by atoms with Gasteiger partial charge >= 0.3 is 0 Å². The molecule has 7 heteroatoms. The highest BCUT2D eigenvalue weighted by atomic mass is 16.5. The molecule has 1 saturated heterocycles. The molecule has 1 aliphatic rings. The van der Waals surface area contributed by atoms with Crippen molar-refractivity contribution < 1.29 is 14.3 Å². The second-order valence-corrected chi connectivity index (χ2v) is 8.80. The number of rotatable bonds is 13. The molecule has 3 rings (SSSR count). The first-order chi connectivity index (χ1) is 16.0. The Morgan fingerprint density at radius 3 is 2.61 bits per heavy atom. The summed E-state index contributed by atoms with van der Waals surface area (Å²) in [5.41, 5.74) is 2.09. The van der Waals surface area contributed by atoms with Crippen LogP contribution in [0.2, 0.25) is 0 Å². The Bertz CT molecular complexity index is 912. The summed E-state index contributed by atoms with van der Waals surface area (Å²) >= 11 is 0. The van der Waals surface area contributed by atoms with Gasteiger partial charge in [-0.15, -0.1) is 0 Å². The first-order valence-electron chi connectivity index (χ1n) is 12.4. The van der Waals surface area contributed by atoms with Gasteiger partial charge in [0, 0.05) is 45.1 Å². The smallest absolute Gasteiger partial charge is 0.219 e. The highest BCUT2D eigenvalue weighted by Gasteiger charge is 2.15. The van der Waals surface area contributed by atoms with E-state index in [9.17, 15) is 4.79 Å². The zero-order valence-electron chi connectivity index (χ0n) is 20.8. The third-order valence-corrected chi connectivity index (χ3v) is 6.32. The van der Waals surface area contributed by atoms with E-state index in [2.05, 4.69) is 23.2 Å². The number of carbonyl (C=O) groups is 1. The molecule has 0 saturated carbocycles. The van der Waals surface area contributed by atoms with E-state index < -0.39 is 0 Å². The van der Waals surface area contributed by atoms with Crippen molar-refractivity contribution in [1.29, 1.82) is 0 Å². The van der Waals surface area contributed by atoms with Gasteiger partial charge in [0.1, 0.15) is 5.82 Å². The lowest BCUT2D eigenvalue weighted by Gasteiger charge is -2.20. The number of carbonyl (C=O) groups excluding carboxylic acids is 1. The first kappa shape index (κ1) is 25.1. The fraction of sp³-hybridized carbons (Fsp3) is 0.615. The summed E-state index contributed by atoms with van der Waals surface area (Å²) in [4.78, 5) is 21.1. The minimum atomic E-state index is 0.139. The Kier molecular flexibility index (Phi) is 9.61. The van der Waals surface area contributed by atoms with Crippen LogP contribution in [0.1, 0.15) is 51.5 Å². The van der Waals surface area contributed by atoms with Gasteiger partial charge in [0.25, 0.3) is 0 Å². The number of methoxy groups -OCH3 is 1. The number of fused-ring (bicyclic) bond motifs is 1. The van der Waals surface area contributed by atoms with Gasteiger partial charge in [-0.1, -0.05) is 6.92 Å². The predicted octanol–water partition coefficient (Wildman–Crippen LogP) is 4.34. The van der Waals surface area contributed by atoms with Gasteiger partial charge in [0.2, 0.25) is 5.91 Å². The maximum absolute atomic E-state index is 11.9. The summed E-state index contributed by atoms with van der Waals surface area (Å²) in [6.07, 6.45) is 6.36. The molecule has 1 aliphatic heterocycles. The third kappa shape index (κ3) is 6.97. The molecular weight excluding hydrogens is 416 g/mol. The van der Waals surface area contributed by atoms with Crippen molar-refractivity contribution in [3.63, 3.8) is 0 Å². The number of hydrogen-bond acceptors (Lipinski definition) is 6. The molecule has 1 fully saturated rings. The molecule has 1 N–H and O–H groups in total. The quantitative estimate of drug-likeness (QED) is 0.452. The highest BCUT2D eigenvalue weighted by Crippen LogP contribution is 2.34. The van der Waals surface area contributed by atoms with Crippen molar-refractivity contribution in [2.45, 2.75) is 52.4 Å². The van der Waals surface area contributed by atoms with Gasteiger partial charge in [-0.2, -0.15) is 0 Å². The van der Waals surface area contributed by atoms with Crippen LogP contribution in [0.4, 0.5) is 5.82 Å². The minimum Gasteiger partial charge on any atom is -0.493 e. The maximum atomic E-state index is 11.9. The summed E-state index contributed by atoms with van der Waals surface area (Å²) in [5.74, 6) is 2.45. The number of benzene rings is 1. The van der Waals surface area contributed by atoms with Gasteiger partial charge in [-0.05, 0) is 69.3 Å². The summed E-state index contributed by atoms with van der Waals surface area (Å²) in [6.45, 7) is 9.48. The van der Waals surface area contributed by atoms with Crippen LogP contribution in [0.5, 0.6) is 11.5 Å². The van der Waals surface area contributed by atoms with Crippen LogP contribution in [0.3, 0.4) is 0 Å². The zero-order valence-corrected chi connectivity index (χ0v) is 20.8. The summed E-state index contributed by atoms with van der Waals surface area (Å²) in [5, 5.41) is 4.25. The number of ether oxygens (including phenoxy) is 2. The number of aromatic nitrogens is 1. The Balaban J connectivity index is 1.73. The van der Waals surface area contributed by atoms with Crippen LogP contribution >= 0.6 is 0 Å². The van der Waals surface area contributed by atoms with E-state index in [0.717, 1.165) is 73.5 Å². The van der Waals surface area contributed by atoms with Crippen LogP contribution in [0.25, 0.3) is 10.9 Å². The van der Waals surface area contributed by atoms with Crippen molar-refractivity contribution in [3.05, 3.63) is 23.8 Å². The number of nitrogens with one attached hydrogen (secondary N) is 1. The highest BCUT2D eigenvalue weighted by molar-refractivity contribution is 5.87. The van der Waals surface area contributed by atoms with Crippen molar-refractivity contribution in [1.82, 2.24) is 14.8 Å². The van der Waals surface area contributed by atoms with E-state index in [1.165, 1.54) is 31.5 Å². The number of likely N-dealkylation sites (tertiary alicyclic amines) is 1. The van der Waals surface area contributed by atoms with Gasteiger partial charge < -0.3 is 24.6 Å². The van der Waals surface area contributed by atoms with E-state index in [4.69, 9.17) is 14.5 Å². The van der Waals surface area contributed by atoms with Gasteiger partial charge in [-0.25, -0.2) is 4.98 Å². The Hall–Kier alpha value is -2.54. The van der Waals surface area contributed by atoms with Crippen LogP contribution < -0.4 is 14.8 Å². The Labute approximate surface area is 198 Å². The monoisotopic (exact) mass is 456 g/mol. The number of amides is 1. The topological polar surface area (TPSA) is 66.9 Å². The number of anilines is 1. The molecule has 2 aromatic rings. The second kappa shape index (κ2) is 12.6. The third-order valence-electron chi connectivity index (χ3n) is 6.32. The van der Waals surface area contributed by atoms with Crippen molar-refractivity contribution >= 4 is 22.6 Å². The van der Waals surface area contributed by atoms with Crippen LogP contribution in [0.15, 0.2) is 18.2 Å². The first-order valence-corrected chi connectivity index (χ1v) is 12.4. The van der Waals surface area contributed by atoms with Crippen molar-refractivity contribution in [2.75, 3.05) is 58.8 Å². The van der Waals surface area contributed by atoms with Gasteiger partial charge in [0.15, 0.2) is 11.5 Å². The molecule has 1 aromatic carbocycles. The molecule has 2 heterocycles. The fourth-order valence-electron chi connectivity index (χ4n) is 4.54. The van der Waals surface area contributed by atoms with Crippen LogP contribution in [-0.2, 0) is 11.2 Å². The molecule has 0 spiro atoms. The average Bonchev–Trinajstić information content (AvgIpc) is 3.34. The molecule has 0 radical (unpaired) electrons. The van der Waals surface area contributed by atoms with Gasteiger partial charge in [0.05, 0.1) is 19.2 Å². The second-order valence-electron chi connectivity index (χ2n) is 8.80. The summed E-state index contributed by atoms with van der Waals surface area (Å²) in [6, 6.07) is 6.13. The number of hydrogen-bond donors (Lipinski definition) is 1. The standard InChI is InChI=1S/C26H40N4O3/c1-5-11-30(20(2)31)15-8-10-21-17-26(27-3)28-23-19-25(24(32-4)18-22(21)23)33-16-9-14-29-12-6-7-13-29/h17-19H,5-16H2,1-4H3,(H,27,28). The summed E-state index contributed by atoms with van der Waals surface area (Å²) in [7, 11) is 3.57. The molecule has 0 bridgehead atoms. The molecule has 0 atom stereocenters.